The highest BCUT2D eigenvalue weighted by Crippen LogP contribution is 2.20. The number of carbonyl (C=O) groups excluding carboxylic acids is 1. The van der Waals surface area contributed by atoms with Gasteiger partial charge in [-0.15, -0.1) is 0 Å². The first kappa shape index (κ1) is 16.9. The number of rotatable bonds is 6. The fourth-order valence-corrected chi connectivity index (χ4v) is 2.66. The molecule has 0 aliphatic heterocycles. The van der Waals surface area contributed by atoms with Crippen LogP contribution in [0.3, 0.4) is 0 Å². The van der Waals surface area contributed by atoms with Crippen LogP contribution in [0, 0.1) is 0 Å². The summed E-state index contributed by atoms with van der Waals surface area (Å²) in [6.07, 6.45) is 7.02. The molecule has 0 saturated carbocycles. The Balaban J connectivity index is 1.80. The average Bonchev–Trinajstić information content (AvgIpc) is 3.20. The number of nitrogens with zero attached hydrogens (tertiary/aromatic N) is 4. The molecule has 0 unspecified atom stereocenters. The lowest BCUT2D eigenvalue weighted by molar-refractivity contribution is 0.0595. The highest BCUT2D eigenvalue weighted by molar-refractivity contribution is 5.94. The van der Waals surface area contributed by atoms with E-state index in [0.717, 1.165) is 11.4 Å². The minimum atomic E-state index is -0.243. The van der Waals surface area contributed by atoms with Gasteiger partial charge in [-0.05, 0) is 36.4 Å². The summed E-state index contributed by atoms with van der Waals surface area (Å²) >= 11 is 0. The molecule has 6 nitrogen and oxygen atoms in total. The average molecular weight is 336 g/mol. The molecule has 0 N–H and O–H groups in total. The SMILES string of the molecule is COC[C@@H](c1ccccn1)N(C)C(=O)c1ccc(-n2ccnc2)cc1. The Bertz CT molecular complexity index is 801. The van der Waals surface area contributed by atoms with Crippen LogP contribution in [0.4, 0.5) is 0 Å². The van der Waals surface area contributed by atoms with Crippen molar-refractivity contribution in [2.75, 3.05) is 20.8 Å². The van der Waals surface area contributed by atoms with Gasteiger partial charge in [0.05, 0.1) is 24.7 Å². The monoisotopic (exact) mass is 336 g/mol. The van der Waals surface area contributed by atoms with Crippen LogP contribution >= 0.6 is 0 Å². The third-order valence-electron chi connectivity index (χ3n) is 4.06. The summed E-state index contributed by atoms with van der Waals surface area (Å²) in [5.41, 5.74) is 2.37. The molecule has 3 aromatic rings. The smallest absolute Gasteiger partial charge is 0.254 e. The Morgan fingerprint density at radius 3 is 2.60 bits per heavy atom. The lowest BCUT2D eigenvalue weighted by Gasteiger charge is -2.27. The molecule has 6 heteroatoms. The molecular weight excluding hydrogens is 316 g/mol. The second kappa shape index (κ2) is 7.72. The van der Waals surface area contributed by atoms with Gasteiger partial charge in [0, 0.05) is 44.0 Å². The number of hydrogen-bond donors (Lipinski definition) is 0. The van der Waals surface area contributed by atoms with Crippen LogP contribution in [0.2, 0.25) is 0 Å². The van der Waals surface area contributed by atoms with E-state index in [1.165, 1.54) is 0 Å². The van der Waals surface area contributed by atoms with E-state index in [4.69, 9.17) is 4.74 Å². The largest absolute Gasteiger partial charge is 0.382 e. The standard InChI is InChI=1S/C19H20N4O2/c1-22(18(13-25-2)17-5-3-4-10-21-17)19(24)15-6-8-16(9-7-15)23-12-11-20-14-23/h3-12,14,18H,13H2,1-2H3/t18-/m0/s1. The molecule has 25 heavy (non-hydrogen) atoms. The molecule has 0 saturated heterocycles. The maximum absolute atomic E-state index is 12.9. The van der Waals surface area contributed by atoms with Gasteiger partial charge in [-0.2, -0.15) is 0 Å². The van der Waals surface area contributed by atoms with E-state index in [1.54, 1.807) is 37.8 Å². The molecule has 0 spiro atoms. The molecule has 0 fully saturated rings. The molecule has 1 amide bonds. The minimum Gasteiger partial charge on any atom is -0.382 e. The Labute approximate surface area is 146 Å². The second-order valence-electron chi connectivity index (χ2n) is 5.66. The number of pyridine rings is 1. The number of likely N-dealkylation sites (N-methyl/N-ethyl adjacent to an activating group) is 1. The third-order valence-corrected chi connectivity index (χ3v) is 4.06. The van der Waals surface area contributed by atoms with Crippen molar-refractivity contribution in [3.63, 3.8) is 0 Å². The zero-order valence-electron chi connectivity index (χ0n) is 14.2. The number of methoxy groups -OCH3 is 1. The normalized spacial score (nSPS) is 11.9. The van der Waals surface area contributed by atoms with E-state index >= 15 is 0 Å². The molecular formula is C19H20N4O2. The number of amides is 1. The Morgan fingerprint density at radius 2 is 2.00 bits per heavy atom. The summed E-state index contributed by atoms with van der Waals surface area (Å²) < 4.78 is 7.18. The molecule has 3 rings (SSSR count). The number of aromatic nitrogens is 3. The maximum atomic E-state index is 12.9. The third kappa shape index (κ3) is 3.75. The van der Waals surface area contributed by atoms with Gasteiger partial charge in [-0.25, -0.2) is 4.98 Å². The predicted molar refractivity (Wildman–Crippen MR) is 94.5 cm³/mol. The summed E-state index contributed by atoms with van der Waals surface area (Å²) in [5.74, 6) is -0.0788. The van der Waals surface area contributed by atoms with Gasteiger partial charge >= 0.3 is 0 Å². The van der Waals surface area contributed by atoms with Crippen LogP contribution < -0.4 is 0 Å². The number of carbonyl (C=O) groups is 1. The summed E-state index contributed by atoms with van der Waals surface area (Å²) in [6.45, 7) is 0.381. The number of imidazole rings is 1. The van der Waals surface area contributed by atoms with Gasteiger partial charge in [0.15, 0.2) is 0 Å². The van der Waals surface area contributed by atoms with Crippen molar-refractivity contribution < 1.29 is 9.53 Å². The van der Waals surface area contributed by atoms with Crippen molar-refractivity contribution >= 4 is 5.91 Å². The van der Waals surface area contributed by atoms with Crippen molar-refractivity contribution in [2.45, 2.75) is 6.04 Å². The highest BCUT2D eigenvalue weighted by atomic mass is 16.5. The lowest BCUT2D eigenvalue weighted by atomic mass is 10.1. The van der Waals surface area contributed by atoms with Crippen LogP contribution in [0.25, 0.3) is 5.69 Å². The summed E-state index contributed by atoms with van der Waals surface area (Å²) in [5, 5.41) is 0. The zero-order chi connectivity index (χ0) is 17.6. The fourth-order valence-electron chi connectivity index (χ4n) is 2.66. The molecule has 0 radical (unpaired) electrons. The fraction of sp³-hybridized carbons (Fsp3) is 0.211. The Morgan fingerprint density at radius 1 is 1.20 bits per heavy atom. The van der Waals surface area contributed by atoms with E-state index in [2.05, 4.69) is 9.97 Å². The van der Waals surface area contributed by atoms with Crippen LogP contribution in [0.1, 0.15) is 22.1 Å². The number of ether oxygens (including phenoxy) is 1. The first-order valence-corrected chi connectivity index (χ1v) is 7.96. The van der Waals surface area contributed by atoms with Crippen molar-refractivity contribution in [2.24, 2.45) is 0 Å². The predicted octanol–water partition coefficient (Wildman–Crippen LogP) is 2.73. The second-order valence-corrected chi connectivity index (χ2v) is 5.66. The van der Waals surface area contributed by atoms with Crippen LogP contribution in [0.15, 0.2) is 67.4 Å². The molecule has 2 heterocycles. The molecule has 2 aromatic heterocycles. The van der Waals surface area contributed by atoms with E-state index in [1.807, 2.05) is 53.2 Å². The van der Waals surface area contributed by atoms with Gasteiger partial charge in [0.25, 0.3) is 5.91 Å². The van der Waals surface area contributed by atoms with Gasteiger partial charge in [0.1, 0.15) is 0 Å². The highest BCUT2D eigenvalue weighted by Gasteiger charge is 2.23. The number of hydrogen-bond acceptors (Lipinski definition) is 4. The minimum absolute atomic E-state index is 0.0788. The first-order chi connectivity index (χ1) is 12.2. The first-order valence-electron chi connectivity index (χ1n) is 7.96. The molecule has 0 aliphatic carbocycles. The quantitative estimate of drug-likeness (QED) is 0.694. The van der Waals surface area contributed by atoms with Gasteiger partial charge in [-0.3, -0.25) is 9.78 Å². The van der Waals surface area contributed by atoms with Gasteiger partial charge < -0.3 is 14.2 Å². The summed E-state index contributed by atoms with van der Waals surface area (Å²) in [4.78, 5) is 22.9. The molecule has 0 bridgehead atoms. The van der Waals surface area contributed by atoms with Gasteiger partial charge in [-0.1, -0.05) is 6.07 Å². The van der Waals surface area contributed by atoms with Crippen LogP contribution in [-0.4, -0.2) is 46.1 Å². The van der Waals surface area contributed by atoms with Crippen molar-refractivity contribution in [1.82, 2.24) is 19.4 Å². The Hall–Kier alpha value is -2.99. The summed E-state index contributed by atoms with van der Waals surface area (Å²) in [6, 6.07) is 12.8. The van der Waals surface area contributed by atoms with Gasteiger partial charge in [0.2, 0.25) is 0 Å². The van der Waals surface area contributed by atoms with Crippen molar-refractivity contribution in [3.05, 3.63) is 78.6 Å². The maximum Gasteiger partial charge on any atom is 0.254 e. The number of benzene rings is 1. The van der Waals surface area contributed by atoms with E-state index in [0.29, 0.717) is 12.2 Å². The molecule has 0 aliphatic rings. The molecule has 128 valence electrons. The zero-order valence-corrected chi connectivity index (χ0v) is 14.2. The van der Waals surface area contributed by atoms with E-state index in [9.17, 15) is 4.79 Å². The van der Waals surface area contributed by atoms with E-state index in [-0.39, 0.29) is 11.9 Å². The topological polar surface area (TPSA) is 60.2 Å². The van der Waals surface area contributed by atoms with E-state index < -0.39 is 0 Å². The molecule has 1 atom stereocenters. The lowest BCUT2D eigenvalue weighted by Crippen LogP contribution is -2.34. The van der Waals surface area contributed by atoms with Crippen molar-refractivity contribution in [1.29, 1.82) is 0 Å². The van der Waals surface area contributed by atoms with Crippen molar-refractivity contribution in [3.8, 4) is 5.69 Å². The summed E-state index contributed by atoms with van der Waals surface area (Å²) in [7, 11) is 3.39. The van der Waals surface area contributed by atoms with Crippen LogP contribution in [0.5, 0.6) is 0 Å². The Kier molecular flexibility index (Phi) is 5.20. The van der Waals surface area contributed by atoms with Crippen LogP contribution in [-0.2, 0) is 4.74 Å². The molecule has 1 aromatic carbocycles.